The van der Waals surface area contributed by atoms with Gasteiger partial charge in [-0.3, -0.25) is 0 Å². The van der Waals surface area contributed by atoms with E-state index in [-0.39, 0.29) is 32.4 Å². The molecule has 0 bridgehead atoms. The molecular weight excluding hydrogens is 553 g/mol. The van der Waals surface area contributed by atoms with Crippen molar-refractivity contribution in [3.05, 3.63) is 107 Å². The van der Waals surface area contributed by atoms with Gasteiger partial charge < -0.3 is 9.47 Å². The van der Waals surface area contributed by atoms with Crippen molar-refractivity contribution in [2.24, 2.45) is 0 Å². The summed E-state index contributed by atoms with van der Waals surface area (Å²) in [7, 11) is 0. The van der Waals surface area contributed by atoms with Crippen LogP contribution in [0, 0.1) is 0 Å². The van der Waals surface area contributed by atoms with Crippen LogP contribution < -0.4 is 25.9 Å². The van der Waals surface area contributed by atoms with E-state index in [1.165, 1.54) is 0 Å². The Morgan fingerprint density at radius 1 is 0.605 bits per heavy atom. The van der Waals surface area contributed by atoms with Crippen molar-refractivity contribution in [3.8, 4) is 45.4 Å². The predicted molar refractivity (Wildman–Crippen MR) is 158 cm³/mol. The van der Waals surface area contributed by atoms with E-state index < -0.39 is 11.8 Å². The number of fused-ring (bicyclic) bond motifs is 6. The van der Waals surface area contributed by atoms with Gasteiger partial charge in [0.05, 0.1) is 0 Å². The number of nitrogens with zero attached hydrogens (tertiary/aromatic N) is 1. The molecule has 9 rings (SSSR count). The van der Waals surface area contributed by atoms with E-state index in [2.05, 4.69) is 4.98 Å². The molecule has 1 aromatic heterocycles. The second-order valence-corrected chi connectivity index (χ2v) is 12.0. The van der Waals surface area contributed by atoms with Crippen molar-refractivity contribution >= 4 is 23.1 Å². The molecule has 210 valence electrons. The Kier molecular flexibility index (Phi) is 4.93. The molecular formula is C35H22BF4NO2. The quantitative estimate of drug-likeness (QED) is 0.172. The third-order valence-corrected chi connectivity index (χ3v) is 9.21. The molecule has 8 heteroatoms. The highest BCUT2D eigenvalue weighted by molar-refractivity contribution is 6.98. The first-order valence-corrected chi connectivity index (χ1v) is 14.3. The van der Waals surface area contributed by atoms with Crippen molar-refractivity contribution in [3.63, 3.8) is 0 Å². The average Bonchev–Trinajstić information content (AvgIpc) is 3.48. The molecule has 2 aliphatic carbocycles. The summed E-state index contributed by atoms with van der Waals surface area (Å²) < 4.78 is 69.9. The van der Waals surface area contributed by atoms with Crippen molar-refractivity contribution in [1.82, 2.24) is 4.98 Å². The highest BCUT2D eigenvalue weighted by Crippen LogP contribution is 2.43. The first-order chi connectivity index (χ1) is 20.7. The van der Waals surface area contributed by atoms with Gasteiger partial charge in [0.2, 0.25) is 5.88 Å². The highest BCUT2D eigenvalue weighted by atomic mass is 19.3. The third-order valence-electron chi connectivity index (χ3n) is 9.21. The van der Waals surface area contributed by atoms with Crippen LogP contribution in [0.1, 0.15) is 22.3 Å². The average molecular weight is 575 g/mol. The molecule has 5 aromatic rings. The van der Waals surface area contributed by atoms with Crippen LogP contribution in [0.3, 0.4) is 0 Å². The SMILES string of the molecule is FC1(F)Cc2cccc(-c3ccc4c(c3)Oc3ccnc5c3B4c3ccc(-c4cccc6c4CC(F)(F)C6)cc3O5)c2C1. The predicted octanol–water partition coefficient (Wildman–Crippen LogP) is 6.61. The Morgan fingerprint density at radius 3 is 1.74 bits per heavy atom. The Balaban J connectivity index is 1.16. The van der Waals surface area contributed by atoms with E-state index in [9.17, 15) is 17.6 Å². The molecule has 0 saturated carbocycles. The fraction of sp³-hybridized carbons (Fsp3) is 0.171. The minimum Gasteiger partial charge on any atom is -0.458 e. The Labute approximate surface area is 245 Å². The third kappa shape index (κ3) is 3.78. The summed E-state index contributed by atoms with van der Waals surface area (Å²) in [6, 6.07) is 24.6. The van der Waals surface area contributed by atoms with Gasteiger partial charge in [0, 0.05) is 37.3 Å². The Hall–Kier alpha value is -4.59. The normalized spacial score (nSPS) is 17.6. The van der Waals surface area contributed by atoms with Gasteiger partial charge in [0.25, 0.3) is 18.6 Å². The lowest BCUT2D eigenvalue weighted by Crippen LogP contribution is -2.57. The molecule has 0 unspecified atom stereocenters. The number of aromatic nitrogens is 1. The molecule has 0 radical (unpaired) electrons. The number of pyridine rings is 1. The summed E-state index contributed by atoms with van der Waals surface area (Å²) in [5, 5.41) is 0. The van der Waals surface area contributed by atoms with Crippen LogP contribution in [-0.2, 0) is 25.7 Å². The van der Waals surface area contributed by atoms with Crippen LogP contribution >= 0.6 is 0 Å². The van der Waals surface area contributed by atoms with Crippen molar-refractivity contribution < 1.29 is 27.0 Å². The van der Waals surface area contributed by atoms with Crippen LogP contribution in [0.2, 0.25) is 0 Å². The largest absolute Gasteiger partial charge is 0.458 e. The highest BCUT2D eigenvalue weighted by Gasteiger charge is 2.43. The molecule has 4 aliphatic rings. The topological polar surface area (TPSA) is 31.4 Å². The first-order valence-electron chi connectivity index (χ1n) is 14.3. The minimum absolute atomic E-state index is 0.231. The van der Waals surface area contributed by atoms with Gasteiger partial charge >= 0.3 is 0 Å². The smallest absolute Gasteiger partial charge is 0.262 e. The number of hydrogen-bond acceptors (Lipinski definition) is 3. The van der Waals surface area contributed by atoms with E-state index in [0.717, 1.165) is 38.6 Å². The Morgan fingerprint density at radius 2 is 1.16 bits per heavy atom. The number of benzene rings is 4. The fourth-order valence-corrected chi connectivity index (χ4v) is 7.39. The van der Waals surface area contributed by atoms with E-state index in [1.807, 2.05) is 60.7 Å². The van der Waals surface area contributed by atoms with Crippen LogP contribution in [0.25, 0.3) is 22.3 Å². The number of hydrogen-bond donors (Lipinski definition) is 0. The summed E-state index contributed by atoms with van der Waals surface area (Å²) in [5.74, 6) is -3.15. The lowest BCUT2D eigenvalue weighted by atomic mass is 9.35. The Bertz CT molecular complexity index is 1890. The van der Waals surface area contributed by atoms with Crippen LogP contribution in [0.4, 0.5) is 17.6 Å². The maximum atomic E-state index is 14.3. The number of alkyl halides is 4. The molecule has 0 amide bonds. The zero-order valence-electron chi connectivity index (χ0n) is 22.8. The molecule has 3 heterocycles. The van der Waals surface area contributed by atoms with Gasteiger partial charge in [0.15, 0.2) is 0 Å². The number of rotatable bonds is 2. The lowest BCUT2D eigenvalue weighted by Gasteiger charge is -2.32. The molecule has 43 heavy (non-hydrogen) atoms. The second-order valence-electron chi connectivity index (χ2n) is 12.0. The van der Waals surface area contributed by atoms with Gasteiger partial charge in [-0.15, -0.1) is 0 Å². The van der Waals surface area contributed by atoms with E-state index in [0.29, 0.717) is 45.4 Å². The van der Waals surface area contributed by atoms with Gasteiger partial charge in [-0.2, -0.15) is 0 Å². The lowest BCUT2D eigenvalue weighted by molar-refractivity contribution is 0.0123. The van der Waals surface area contributed by atoms with Gasteiger partial charge in [-0.1, -0.05) is 60.7 Å². The van der Waals surface area contributed by atoms with Crippen molar-refractivity contribution in [1.29, 1.82) is 0 Å². The first kappa shape index (κ1) is 25.0. The zero-order chi connectivity index (χ0) is 29.1. The summed E-state index contributed by atoms with van der Waals surface area (Å²) in [4.78, 5) is 4.51. The van der Waals surface area contributed by atoms with Gasteiger partial charge in [0.1, 0.15) is 17.2 Å². The fourth-order valence-electron chi connectivity index (χ4n) is 7.39. The molecule has 0 spiro atoms. The standard InChI is InChI=1S/C35H22BF4NO2/c37-34(38)15-21-3-1-5-23(25(21)17-34)19-7-9-27-30(13-19)42-29-11-12-41-33-32(29)36(27)28-10-8-20(14-31(28)43-33)24-6-2-4-22-16-35(39,40)18-26(22)24/h1-14H,15-18H2. The molecule has 0 saturated heterocycles. The van der Waals surface area contributed by atoms with Crippen LogP contribution in [-0.4, -0.2) is 23.5 Å². The molecule has 3 nitrogen and oxygen atoms in total. The maximum absolute atomic E-state index is 14.3. The van der Waals surface area contributed by atoms with Crippen LogP contribution in [0.5, 0.6) is 23.1 Å². The van der Waals surface area contributed by atoms with Crippen LogP contribution in [0.15, 0.2) is 85.1 Å². The van der Waals surface area contributed by atoms with Crippen molar-refractivity contribution in [2.75, 3.05) is 0 Å². The summed E-state index contributed by atoms with van der Waals surface area (Å²) in [6.45, 7) is -0.231. The summed E-state index contributed by atoms with van der Waals surface area (Å²) >= 11 is 0. The zero-order valence-corrected chi connectivity index (χ0v) is 22.8. The summed E-state index contributed by atoms with van der Waals surface area (Å²) in [5.41, 5.74) is 8.59. The maximum Gasteiger partial charge on any atom is 0.262 e. The van der Waals surface area contributed by atoms with E-state index >= 15 is 0 Å². The molecule has 0 fully saturated rings. The van der Waals surface area contributed by atoms with E-state index in [4.69, 9.17) is 9.47 Å². The monoisotopic (exact) mass is 575 g/mol. The number of halogens is 4. The molecule has 4 aromatic carbocycles. The minimum atomic E-state index is -2.74. The summed E-state index contributed by atoms with van der Waals surface area (Å²) in [6.07, 6.45) is 0.601. The second kappa shape index (κ2) is 8.50. The molecule has 0 atom stereocenters. The van der Waals surface area contributed by atoms with Gasteiger partial charge in [-0.05, 0) is 73.6 Å². The number of ether oxygens (including phenoxy) is 2. The van der Waals surface area contributed by atoms with E-state index in [1.54, 1.807) is 24.4 Å². The van der Waals surface area contributed by atoms with Crippen molar-refractivity contribution in [2.45, 2.75) is 37.5 Å². The van der Waals surface area contributed by atoms with Gasteiger partial charge in [-0.25, -0.2) is 22.5 Å². The molecule has 0 N–H and O–H groups in total. The molecule has 2 aliphatic heterocycles.